The average Bonchev–Trinajstić information content (AvgIpc) is 3.11. The minimum Gasteiger partial charge on any atom is -0.356 e. The highest BCUT2D eigenvalue weighted by atomic mass is 32.1. The quantitative estimate of drug-likeness (QED) is 0.704. The highest BCUT2D eigenvalue weighted by molar-refractivity contribution is 7.13. The minimum absolute atomic E-state index is 0.00564. The first-order chi connectivity index (χ1) is 12.2. The van der Waals surface area contributed by atoms with Crippen molar-refractivity contribution in [1.82, 2.24) is 15.3 Å². The zero-order valence-corrected chi connectivity index (χ0v) is 14.4. The number of pyridine rings is 1. The standard InChI is InChI=1S/C19H18FN3OS/c20-16-4-1-14(2-5-16)3-6-18(24)22-12-9-17-13-25-19(23-17)15-7-10-21-11-8-15/h1-2,4-5,7-8,10-11,13H,3,6,9,12H2,(H,22,24). The topological polar surface area (TPSA) is 54.9 Å². The molecule has 1 aromatic carbocycles. The monoisotopic (exact) mass is 355 g/mol. The molecule has 0 bridgehead atoms. The van der Waals surface area contributed by atoms with Crippen LogP contribution in [0.5, 0.6) is 0 Å². The van der Waals surface area contributed by atoms with Crippen LogP contribution in [0.15, 0.2) is 54.2 Å². The number of carbonyl (C=O) groups is 1. The number of benzene rings is 1. The lowest BCUT2D eigenvalue weighted by molar-refractivity contribution is -0.121. The SMILES string of the molecule is O=C(CCc1ccc(F)cc1)NCCc1csc(-c2ccncc2)n1. The number of rotatable bonds is 7. The predicted octanol–water partition coefficient (Wildman–Crippen LogP) is 3.64. The molecule has 0 spiro atoms. The average molecular weight is 355 g/mol. The van der Waals surface area contributed by atoms with Gasteiger partial charge in [-0.1, -0.05) is 12.1 Å². The number of nitrogens with zero attached hydrogens (tertiary/aromatic N) is 2. The molecule has 4 nitrogen and oxygen atoms in total. The van der Waals surface area contributed by atoms with Crippen molar-refractivity contribution in [1.29, 1.82) is 0 Å². The first kappa shape index (κ1) is 17.2. The molecule has 0 atom stereocenters. The second-order valence-corrected chi connectivity index (χ2v) is 6.46. The van der Waals surface area contributed by atoms with Gasteiger partial charge in [0, 0.05) is 42.7 Å². The van der Waals surface area contributed by atoms with Gasteiger partial charge in [-0.3, -0.25) is 9.78 Å². The maximum atomic E-state index is 12.8. The van der Waals surface area contributed by atoms with Crippen molar-refractivity contribution in [3.8, 4) is 10.6 Å². The van der Waals surface area contributed by atoms with E-state index in [1.165, 1.54) is 12.1 Å². The van der Waals surface area contributed by atoms with Crippen LogP contribution in [0.1, 0.15) is 17.7 Å². The van der Waals surface area contributed by atoms with Crippen molar-refractivity contribution < 1.29 is 9.18 Å². The van der Waals surface area contributed by atoms with E-state index in [0.29, 0.717) is 25.8 Å². The lowest BCUT2D eigenvalue weighted by Gasteiger charge is -2.04. The zero-order chi connectivity index (χ0) is 17.5. The van der Waals surface area contributed by atoms with E-state index in [4.69, 9.17) is 0 Å². The van der Waals surface area contributed by atoms with Gasteiger partial charge in [0.15, 0.2) is 0 Å². The summed E-state index contributed by atoms with van der Waals surface area (Å²) in [7, 11) is 0. The Morgan fingerprint density at radius 2 is 1.84 bits per heavy atom. The summed E-state index contributed by atoms with van der Waals surface area (Å²) in [6.07, 6.45) is 5.19. The summed E-state index contributed by atoms with van der Waals surface area (Å²) in [5, 5.41) is 5.88. The van der Waals surface area contributed by atoms with Crippen molar-refractivity contribution in [3.63, 3.8) is 0 Å². The molecule has 25 heavy (non-hydrogen) atoms. The molecule has 3 aromatic rings. The van der Waals surface area contributed by atoms with Gasteiger partial charge in [0.25, 0.3) is 0 Å². The number of carbonyl (C=O) groups excluding carboxylic acids is 1. The molecular formula is C19H18FN3OS. The van der Waals surface area contributed by atoms with Gasteiger partial charge in [0.05, 0.1) is 5.69 Å². The van der Waals surface area contributed by atoms with Crippen LogP contribution in [0.3, 0.4) is 0 Å². The number of hydrogen-bond donors (Lipinski definition) is 1. The minimum atomic E-state index is -0.261. The molecule has 1 N–H and O–H groups in total. The fourth-order valence-corrected chi connectivity index (χ4v) is 3.24. The first-order valence-corrected chi connectivity index (χ1v) is 8.94. The summed E-state index contributed by atoms with van der Waals surface area (Å²) in [5.41, 5.74) is 2.98. The van der Waals surface area contributed by atoms with Crippen molar-refractivity contribution in [2.75, 3.05) is 6.54 Å². The van der Waals surface area contributed by atoms with Crippen LogP contribution in [0.4, 0.5) is 4.39 Å². The summed E-state index contributed by atoms with van der Waals surface area (Å²) in [6, 6.07) is 10.1. The van der Waals surface area contributed by atoms with Gasteiger partial charge in [0.1, 0.15) is 10.8 Å². The molecule has 0 saturated carbocycles. The largest absolute Gasteiger partial charge is 0.356 e. The molecule has 128 valence electrons. The Morgan fingerprint density at radius 3 is 2.60 bits per heavy atom. The van der Waals surface area contributed by atoms with Crippen molar-refractivity contribution in [2.45, 2.75) is 19.3 Å². The molecule has 0 aliphatic carbocycles. The number of halogens is 1. The zero-order valence-electron chi connectivity index (χ0n) is 13.6. The van der Waals surface area contributed by atoms with Crippen LogP contribution in [0.25, 0.3) is 10.6 Å². The highest BCUT2D eigenvalue weighted by Gasteiger charge is 2.06. The smallest absolute Gasteiger partial charge is 0.220 e. The Balaban J connectivity index is 1.41. The lowest BCUT2D eigenvalue weighted by Crippen LogP contribution is -2.25. The number of nitrogens with one attached hydrogen (secondary N) is 1. The van der Waals surface area contributed by atoms with Crippen molar-refractivity contribution in [3.05, 3.63) is 71.2 Å². The third-order valence-corrected chi connectivity index (χ3v) is 4.68. The molecule has 2 aromatic heterocycles. The predicted molar refractivity (Wildman–Crippen MR) is 96.8 cm³/mol. The van der Waals surface area contributed by atoms with Crippen molar-refractivity contribution >= 4 is 17.2 Å². The molecule has 3 rings (SSSR count). The third kappa shape index (κ3) is 5.19. The summed E-state index contributed by atoms with van der Waals surface area (Å²) >= 11 is 1.59. The Bertz CT molecular complexity index is 818. The van der Waals surface area contributed by atoms with Crippen LogP contribution in [0, 0.1) is 5.82 Å². The van der Waals surface area contributed by atoms with Gasteiger partial charge in [-0.2, -0.15) is 0 Å². The second-order valence-electron chi connectivity index (χ2n) is 5.61. The van der Waals surface area contributed by atoms with Crippen LogP contribution in [-0.4, -0.2) is 22.4 Å². The second kappa shape index (κ2) is 8.48. The van der Waals surface area contributed by atoms with Gasteiger partial charge >= 0.3 is 0 Å². The van der Waals surface area contributed by atoms with E-state index >= 15 is 0 Å². The molecule has 6 heteroatoms. The molecule has 2 heterocycles. The molecule has 0 radical (unpaired) electrons. The van der Waals surface area contributed by atoms with Gasteiger partial charge in [-0.05, 0) is 36.2 Å². The number of hydrogen-bond acceptors (Lipinski definition) is 4. The van der Waals surface area contributed by atoms with Gasteiger partial charge in [-0.15, -0.1) is 11.3 Å². The highest BCUT2D eigenvalue weighted by Crippen LogP contribution is 2.22. The number of aryl methyl sites for hydroxylation is 1. The molecule has 0 aliphatic heterocycles. The van der Waals surface area contributed by atoms with E-state index in [2.05, 4.69) is 15.3 Å². The molecule has 0 saturated heterocycles. The summed E-state index contributed by atoms with van der Waals surface area (Å²) < 4.78 is 12.8. The molecule has 0 unspecified atom stereocenters. The third-order valence-electron chi connectivity index (χ3n) is 3.74. The maximum absolute atomic E-state index is 12.8. The van der Waals surface area contributed by atoms with E-state index in [1.54, 1.807) is 35.9 Å². The summed E-state index contributed by atoms with van der Waals surface area (Å²) in [4.78, 5) is 20.5. The normalized spacial score (nSPS) is 10.6. The molecule has 0 fully saturated rings. The van der Waals surface area contributed by atoms with E-state index in [9.17, 15) is 9.18 Å². The fraction of sp³-hybridized carbons (Fsp3) is 0.211. The Labute approximate surface area is 149 Å². The number of thiazole rings is 1. The Morgan fingerprint density at radius 1 is 1.08 bits per heavy atom. The molecular weight excluding hydrogens is 337 g/mol. The van der Waals surface area contributed by atoms with E-state index in [1.807, 2.05) is 17.5 Å². The summed E-state index contributed by atoms with van der Waals surface area (Å²) in [5.74, 6) is -0.267. The number of aromatic nitrogens is 2. The first-order valence-electron chi connectivity index (χ1n) is 8.06. The van der Waals surface area contributed by atoms with Crippen molar-refractivity contribution in [2.24, 2.45) is 0 Å². The van der Waals surface area contributed by atoms with E-state index in [0.717, 1.165) is 21.8 Å². The van der Waals surface area contributed by atoms with Crippen LogP contribution in [0.2, 0.25) is 0 Å². The van der Waals surface area contributed by atoms with Crippen LogP contribution in [-0.2, 0) is 17.6 Å². The lowest BCUT2D eigenvalue weighted by atomic mass is 10.1. The van der Waals surface area contributed by atoms with Crippen LogP contribution >= 0.6 is 11.3 Å². The molecule has 0 aliphatic rings. The van der Waals surface area contributed by atoms with Gasteiger partial charge in [0.2, 0.25) is 5.91 Å². The Kier molecular flexibility index (Phi) is 5.85. The Hall–Kier alpha value is -2.60. The van der Waals surface area contributed by atoms with Crippen LogP contribution < -0.4 is 5.32 Å². The van der Waals surface area contributed by atoms with Gasteiger partial charge < -0.3 is 5.32 Å². The fourth-order valence-electron chi connectivity index (χ4n) is 2.38. The maximum Gasteiger partial charge on any atom is 0.220 e. The summed E-state index contributed by atoms with van der Waals surface area (Å²) in [6.45, 7) is 0.557. The van der Waals surface area contributed by atoms with E-state index < -0.39 is 0 Å². The van der Waals surface area contributed by atoms with Gasteiger partial charge in [-0.25, -0.2) is 9.37 Å². The number of amides is 1. The van der Waals surface area contributed by atoms with E-state index in [-0.39, 0.29) is 11.7 Å². The molecule has 1 amide bonds.